The van der Waals surface area contributed by atoms with Crippen molar-refractivity contribution < 1.29 is 14.3 Å². The molecule has 1 fully saturated rings. The Morgan fingerprint density at radius 2 is 1.89 bits per heavy atom. The Bertz CT molecular complexity index is 936. The fraction of sp³-hybridized carbons (Fsp3) is 0.455. The van der Waals surface area contributed by atoms with E-state index >= 15 is 0 Å². The van der Waals surface area contributed by atoms with E-state index in [0.29, 0.717) is 43.3 Å². The highest BCUT2D eigenvalue weighted by Gasteiger charge is 2.35. The van der Waals surface area contributed by atoms with Crippen LogP contribution in [-0.2, 0) is 17.8 Å². The van der Waals surface area contributed by atoms with E-state index in [-0.39, 0.29) is 17.4 Å². The predicted octanol–water partition coefficient (Wildman–Crippen LogP) is 2.44. The molecular formula is C22H26N2O4. The monoisotopic (exact) mass is 382 g/mol. The van der Waals surface area contributed by atoms with Gasteiger partial charge in [-0.1, -0.05) is 12.1 Å². The predicted molar refractivity (Wildman–Crippen MR) is 106 cm³/mol. The number of ether oxygens (including phenoxy) is 2. The third kappa shape index (κ3) is 3.51. The van der Waals surface area contributed by atoms with Crippen LogP contribution in [0.25, 0.3) is 0 Å². The molecular weight excluding hydrogens is 356 g/mol. The highest BCUT2D eigenvalue weighted by Crippen LogP contribution is 2.35. The van der Waals surface area contributed by atoms with Gasteiger partial charge in [0.15, 0.2) is 11.5 Å². The molecule has 1 aromatic heterocycles. The summed E-state index contributed by atoms with van der Waals surface area (Å²) < 4.78 is 12.5. The summed E-state index contributed by atoms with van der Waals surface area (Å²) in [5.41, 5.74) is 2.20. The molecule has 1 saturated heterocycles. The maximum atomic E-state index is 12.9. The number of fused-ring (bicyclic) bond motifs is 4. The van der Waals surface area contributed by atoms with Gasteiger partial charge < -0.3 is 18.9 Å². The first-order valence-electron chi connectivity index (χ1n) is 9.77. The van der Waals surface area contributed by atoms with Crippen LogP contribution in [0.3, 0.4) is 0 Å². The molecule has 6 heteroatoms. The number of carbonyl (C=O) groups is 1. The second-order valence-corrected chi connectivity index (χ2v) is 7.69. The van der Waals surface area contributed by atoms with Crippen molar-refractivity contribution >= 4 is 5.91 Å². The van der Waals surface area contributed by atoms with Gasteiger partial charge in [0.2, 0.25) is 5.91 Å². The van der Waals surface area contributed by atoms with Crippen molar-refractivity contribution in [3.05, 3.63) is 58.0 Å². The smallest absolute Gasteiger partial charge is 0.250 e. The number of aryl methyl sites for hydroxylation is 1. The number of likely N-dealkylation sites (tertiary alicyclic amines) is 1. The molecule has 0 spiro atoms. The van der Waals surface area contributed by atoms with Gasteiger partial charge >= 0.3 is 0 Å². The van der Waals surface area contributed by atoms with Crippen LogP contribution in [-0.4, -0.2) is 42.7 Å². The van der Waals surface area contributed by atoms with Gasteiger partial charge in [0.1, 0.15) is 0 Å². The fourth-order valence-electron chi connectivity index (χ4n) is 4.55. The van der Waals surface area contributed by atoms with E-state index in [1.54, 1.807) is 20.3 Å². The Hall–Kier alpha value is -2.76. The first-order chi connectivity index (χ1) is 13.6. The Balaban J connectivity index is 1.42. The highest BCUT2D eigenvalue weighted by atomic mass is 16.5. The Labute approximate surface area is 164 Å². The highest BCUT2D eigenvalue weighted by molar-refractivity contribution is 5.76. The van der Waals surface area contributed by atoms with Crippen LogP contribution in [0.5, 0.6) is 11.5 Å². The average Bonchev–Trinajstić information content (AvgIpc) is 2.72. The third-order valence-electron chi connectivity index (χ3n) is 5.91. The fourth-order valence-corrected chi connectivity index (χ4v) is 4.55. The lowest BCUT2D eigenvalue weighted by Crippen LogP contribution is -2.49. The minimum Gasteiger partial charge on any atom is -0.493 e. The van der Waals surface area contributed by atoms with Crippen molar-refractivity contribution in [3.8, 4) is 11.5 Å². The first-order valence-corrected chi connectivity index (χ1v) is 9.77. The molecule has 0 N–H and O–H groups in total. The molecule has 0 saturated carbocycles. The molecule has 1 amide bonds. The molecule has 0 aliphatic carbocycles. The van der Waals surface area contributed by atoms with Crippen LogP contribution < -0.4 is 15.0 Å². The zero-order chi connectivity index (χ0) is 19.7. The minimum absolute atomic E-state index is 0.0698. The summed E-state index contributed by atoms with van der Waals surface area (Å²) in [5.74, 6) is 2.16. The molecule has 28 heavy (non-hydrogen) atoms. The molecule has 6 nitrogen and oxygen atoms in total. The van der Waals surface area contributed by atoms with Gasteiger partial charge in [-0.05, 0) is 42.5 Å². The van der Waals surface area contributed by atoms with Crippen molar-refractivity contribution in [2.75, 3.05) is 27.3 Å². The molecule has 2 aromatic rings. The molecule has 2 aliphatic heterocycles. The quantitative estimate of drug-likeness (QED) is 0.797. The molecule has 3 heterocycles. The van der Waals surface area contributed by atoms with E-state index in [9.17, 15) is 9.59 Å². The van der Waals surface area contributed by atoms with Crippen molar-refractivity contribution in [1.29, 1.82) is 0 Å². The lowest BCUT2D eigenvalue weighted by molar-refractivity contribution is -0.133. The number of rotatable bonds is 5. The second kappa shape index (κ2) is 7.70. The number of hydrogen-bond donors (Lipinski definition) is 0. The number of amides is 1. The van der Waals surface area contributed by atoms with Crippen molar-refractivity contribution in [2.45, 2.75) is 31.7 Å². The summed E-state index contributed by atoms with van der Waals surface area (Å²) in [6, 6.07) is 11.3. The average molecular weight is 382 g/mol. The van der Waals surface area contributed by atoms with Crippen LogP contribution >= 0.6 is 0 Å². The van der Waals surface area contributed by atoms with E-state index in [4.69, 9.17) is 9.47 Å². The first kappa shape index (κ1) is 18.6. The lowest BCUT2D eigenvalue weighted by atomic mass is 9.83. The maximum Gasteiger partial charge on any atom is 0.250 e. The SMILES string of the molecule is COc1ccc(CCC(=O)N2CC3CC(C2)c2cccc(=O)n2C3)cc1OC. The summed E-state index contributed by atoms with van der Waals surface area (Å²) >= 11 is 0. The number of piperidine rings is 1. The zero-order valence-electron chi connectivity index (χ0n) is 16.4. The Morgan fingerprint density at radius 1 is 1.07 bits per heavy atom. The van der Waals surface area contributed by atoms with Gasteiger partial charge in [0, 0.05) is 43.7 Å². The van der Waals surface area contributed by atoms with Crippen molar-refractivity contribution in [1.82, 2.24) is 9.47 Å². The summed E-state index contributed by atoms with van der Waals surface area (Å²) in [5, 5.41) is 0. The number of methoxy groups -OCH3 is 2. The Morgan fingerprint density at radius 3 is 2.68 bits per heavy atom. The van der Waals surface area contributed by atoms with Gasteiger partial charge in [-0.2, -0.15) is 0 Å². The number of benzene rings is 1. The molecule has 2 unspecified atom stereocenters. The minimum atomic E-state index is 0.0698. The van der Waals surface area contributed by atoms with Gasteiger partial charge in [-0.25, -0.2) is 0 Å². The topological polar surface area (TPSA) is 60.8 Å². The van der Waals surface area contributed by atoms with Gasteiger partial charge in [-0.15, -0.1) is 0 Å². The van der Waals surface area contributed by atoms with Gasteiger partial charge in [-0.3, -0.25) is 9.59 Å². The number of aromatic nitrogens is 1. The molecule has 4 rings (SSSR count). The van der Waals surface area contributed by atoms with E-state index in [1.165, 1.54) is 0 Å². The van der Waals surface area contributed by atoms with E-state index < -0.39 is 0 Å². The van der Waals surface area contributed by atoms with E-state index in [1.807, 2.05) is 39.8 Å². The van der Waals surface area contributed by atoms with Crippen LogP contribution in [0.1, 0.15) is 30.0 Å². The molecule has 1 aromatic carbocycles. The summed E-state index contributed by atoms with van der Waals surface area (Å²) in [6.07, 6.45) is 2.19. The number of hydrogen-bond acceptors (Lipinski definition) is 4. The second-order valence-electron chi connectivity index (χ2n) is 7.69. The van der Waals surface area contributed by atoms with Crippen LogP contribution in [0.15, 0.2) is 41.2 Å². The molecule has 2 atom stereocenters. The largest absolute Gasteiger partial charge is 0.493 e. The Kier molecular flexibility index (Phi) is 5.11. The number of pyridine rings is 1. The van der Waals surface area contributed by atoms with E-state index in [0.717, 1.165) is 24.2 Å². The molecule has 2 aliphatic rings. The molecule has 0 radical (unpaired) electrons. The van der Waals surface area contributed by atoms with Gasteiger partial charge in [0.25, 0.3) is 5.56 Å². The van der Waals surface area contributed by atoms with E-state index in [2.05, 4.69) is 0 Å². The molecule has 2 bridgehead atoms. The lowest BCUT2D eigenvalue weighted by Gasteiger charge is -2.42. The summed E-state index contributed by atoms with van der Waals surface area (Å²) in [4.78, 5) is 27.0. The maximum absolute atomic E-state index is 12.9. The van der Waals surface area contributed by atoms with Crippen LogP contribution in [0, 0.1) is 5.92 Å². The number of carbonyl (C=O) groups excluding carboxylic acids is 1. The van der Waals surface area contributed by atoms with Gasteiger partial charge in [0.05, 0.1) is 14.2 Å². The number of nitrogens with zero attached hydrogens (tertiary/aromatic N) is 2. The van der Waals surface area contributed by atoms with Crippen LogP contribution in [0.4, 0.5) is 0 Å². The van der Waals surface area contributed by atoms with Crippen molar-refractivity contribution in [2.24, 2.45) is 5.92 Å². The normalized spacial score (nSPS) is 20.4. The van der Waals surface area contributed by atoms with Crippen molar-refractivity contribution in [3.63, 3.8) is 0 Å². The molecule has 148 valence electrons. The summed E-state index contributed by atoms with van der Waals surface area (Å²) in [7, 11) is 3.23. The summed E-state index contributed by atoms with van der Waals surface area (Å²) in [6.45, 7) is 2.15. The van der Waals surface area contributed by atoms with Crippen LogP contribution in [0.2, 0.25) is 0 Å². The standard InChI is InChI=1S/C22H26N2O4/c1-27-19-8-6-15(11-20(19)28-2)7-9-21(25)23-12-16-10-17(14-23)18-4-3-5-22(26)24(18)13-16/h3-6,8,11,16-17H,7,9-10,12-14H2,1-2H3. The zero-order valence-corrected chi connectivity index (χ0v) is 16.4. The third-order valence-corrected chi connectivity index (χ3v) is 5.91.